The van der Waals surface area contributed by atoms with Crippen molar-refractivity contribution >= 4 is 12.0 Å². The van der Waals surface area contributed by atoms with Gasteiger partial charge in [0.1, 0.15) is 6.04 Å². The molecule has 2 N–H and O–H groups in total. The highest BCUT2D eigenvalue weighted by Crippen LogP contribution is 2.00. The van der Waals surface area contributed by atoms with Crippen molar-refractivity contribution in [3.63, 3.8) is 0 Å². The average Bonchev–Trinajstić information content (AvgIpc) is 2.34. The highest BCUT2D eigenvalue weighted by Gasteiger charge is 2.18. The van der Waals surface area contributed by atoms with Gasteiger partial charge in [-0.15, -0.1) is 0 Å². The van der Waals surface area contributed by atoms with E-state index in [1.54, 1.807) is 13.8 Å². The molecule has 7 nitrogen and oxygen atoms in total. The van der Waals surface area contributed by atoms with Gasteiger partial charge in [-0.2, -0.15) is 0 Å². The van der Waals surface area contributed by atoms with Gasteiger partial charge in [0.05, 0.1) is 6.02 Å². The van der Waals surface area contributed by atoms with Crippen molar-refractivity contribution in [3.8, 4) is 0 Å². The van der Waals surface area contributed by atoms with Crippen molar-refractivity contribution in [2.45, 2.75) is 33.7 Å². The molecule has 0 bridgehead atoms. The van der Waals surface area contributed by atoms with Crippen LogP contribution >= 0.6 is 0 Å². The second-order valence-corrected chi connectivity index (χ2v) is 4.03. The number of ether oxygens (including phenoxy) is 1. The van der Waals surface area contributed by atoms with Gasteiger partial charge < -0.3 is 25.3 Å². The van der Waals surface area contributed by atoms with Crippen LogP contribution < -0.4 is 10.8 Å². The van der Waals surface area contributed by atoms with E-state index in [0.717, 1.165) is 0 Å². The zero-order chi connectivity index (χ0) is 14.1. The van der Waals surface area contributed by atoms with E-state index in [1.165, 1.54) is 4.90 Å². The number of nitrogens with two attached hydrogens (primary N) is 1. The Morgan fingerprint density at radius 1 is 1.39 bits per heavy atom. The summed E-state index contributed by atoms with van der Waals surface area (Å²) in [6.07, 6.45) is 0. The van der Waals surface area contributed by atoms with Crippen LogP contribution in [-0.2, 0) is 14.4 Å². The quantitative estimate of drug-likeness (QED) is 0.165. The summed E-state index contributed by atoms with van der Waals surface area (Å²) >= 11 is 0. The fourth-order valence-corrected chi connectivity index (χ4v) is 1.09. The Morgan fingerprint density at radius 2 is 1.94 bits per heavy atom. The van der Waals surface area contributed by atoms with E-state index >= 15 is 0 Å². The second-order valence-electron chi connectivity index (χ2n) is 4.03. The normalized spacial score (nSPS) is 13.3. The number of amidine groups is 1. The van der Waals surface area contributed by atoms with Crippen molar-refractivity contribution in [2.24, 2.45) is 16.8 Å². The molecule has 0 aliphatic heterocycles. The van der Waals surface area contributed by atoms with Gasteiger partial charge in [-0.25, -0.2) is 0 Å². The Hall–Kier alpha value is -1.50. The standard InChI is InChI=1S/C11H23N3O4/c1-5-14(6-2)11(16)13-18-7-17-10(15)9(12)8(3)4/h8-9H,5-7,12H2,1-4H3,(H,13,16)/p-1/t9-/m0/s1. The number of oxime groups is 1. The van der Waals surface area contributed by atoms with E-state index in [1.807, 2.05) is 13.8 Å². The summed E-state index contributed by atoms with van der Waals surface area (Å²) in [5.74, 6) is -0.595. The lowest BCUT2D eigenvalue weighted by molar-refractivity contribution is -0.241. The minimum atomic E-state index is -0.702. The Balaban J connectivity index is 3.99. The molecular weight excluding hydrogens is 238 g/mol. The number of hydrogen-bond donors (Lipinski definition) is 1. The first-order valence-electron chi connectivity index (χ1n) is 5.98. The predicted octanol–water partition coefficient (Wildman–Crippen LogP) is -0.540. The molecular formula is C11H22N3O4-. The predicted molar refractivity (Wildman–Crippen MR) is 65.2 cm³/mol. The molecule has 1 atom stereocenters. The van der Waals surface area contributed by atoms with Gasteiger partial charge in [0.25, 0.3) is 6.79 Å². The summed E-state index contributed by atoms with van der Waals surface area (Å²) in [5, 5.41) is 14.7. The van der Waals surface area contributed by atoms with Crippen LogP contribution in [0.3, 0.4) is 0 Å². The molecule has 0 aliphatic rings. The van der Waals surface area contributed by atoms with Crippen LogP contribution in [0.5, 0.6) is 0 Å². The third-order valence-electron chi connectivity index (χ3n) is 2.42. The topological polar surface area (TPSA) is 100 Å². The van der Waals surface area contributed by atoms with Crippen molar-refractivity contribution in [3.05, 3.63) is 0 Å². The van der Waals surface area contributed by atoms with Crippen LogP contribution in [-0.4, -0.2) is 42.8 Å². The van der Waals surface area contributed by atoms with Crippen molar-refractivity contribution < 1.29 is 19.5 Å². The van der Waals surface area contributed by atoms with Crippen LogP contribution in [0.4, 0.5) is 0 Å². The highest BCUT2D eigenvalue weighted by atomic mass is 16.8. The van der Waals surface area contributed by atoms with Gasteiger partial charge in [0.2, 0.25) is 0 Å². The van der Waals surface area contributed by atoms with E-state index in [9.17, 15) is 9.90 Å². The maximum atomic E-state index is 11.4. The average molecular weight is 260 g/mol. The number of nitrogens with zero attached hydrogens (tertiary/aromatic N) is 2. The molecule has 0 unspecified atom stereocenters. The first kappa shape index (κ1) is 16.5. The maximum absolute atomic E-state index is 11.4. The smallest absolute Gasteiger partial charge is 0.326 e. The monoisotopic (exact) mass is 260 g/mol. The van der Waals surface area contributed by atoms with Gasteiger partial charge in [-0.3, -0.25) is 4.79 Å². The zero-order valence-electron chi connectivity index (χ0n) is 11.4. The number of carbonyl (C=O) groups is 1. The Labute approximate surface area is 108 Å². The molecule has 18 heavy (non-hydrogen) atoms. The first-order chi connectivity index (χ1) is 8.43. The number of rotatable bonds is 7. The van der Waals surface area contributed by atoms with E-state index in [4.69, 9.17) is 10.5 Å². The van der Waals surface area contributed by atoms with E-state index < -0.39 is 24.8 Å². The van der Waals surface area contributed by atoms with E-state index in [0.29, 0.717) is 13.1 Å². The molecule has 0 aliphatic carbocycles. The fraction of sp³-hybridized carbons (Fsp3) is 0.818. The highest BCUT2D eigenvalue weighted by molar-refractivity contribution is 5.75. The Bertz CT molecular complexity index is 277. The second kappa shape index (κ2) is 8.57. The van der Waals surface area contributed by atoms with E-state index in [-0.39, 0.29) is 5.92 Å². The van der Waals surface area contributed by atoms with Crippen molar-refractivity contribution in [1.29, 1.82) is 0 Å². The summed E-state index contributed by atoms with van der Waals surface area (Å²) in [6, 6.07) is -1.20. The number of esters is 1. The largest absolute Gasteiger partial charge is 0.844 e. The van der Waals surface area contributed by atoms with Gasteiger partial charge >= 0.3 is 5.97 Å². The molecule has 7 heteroatoms. The molecule has 0 saturated heterocycles. The molecule has 106 valence electrons. The maximum Gasteiger partial charge on any atom is 0.326 e. The molecule has 0 spiro atoms. The van der Waals surface area contributed by atoms with Crippen molar-refractivity contribution in [2.75, 3.05) is 19.9 Å². The van der Waals surface area contributed by atoms with E-state index in [2.05, 4.69) is 9.99 Å². The van der Waals surface area contributed by atoms with Gasteiger partial charge in [0, 0.05) is 13.1 Å². The molecule has 0 rings (SSSR count). The van der Waals surface area contributed by atoms with Gasteiger partial charge in [0.15, 0.2) is 0 Å². The molecule has 0 aromatic carbocycles. The van der Waals surface area contributed by atoms with Crippen molar-refractivity contribution in [1.82, 2.24) is 4.90 Å². The van der Waals surface area contributed by atoms with Crippen LogP contribution in [0.15, 0.2) is 5.16 Å². The molecule has 0 saturated carbocycles. The van der Waals surface area contributed by atoms with Gasteiger partial charge in [-0.05, 0) is 19.8 Å². The molecule has 0 fully saturated rings. The lowest BCUT2D eigenvalue weighted by atomic mass is 10.1. The van der Waals surface area contributed by atoms with Gasteiger partial charge in [-0.1, -0.05) is 19.0 Å². The minimum absolute atomic E-state index is 0.0215. The molecule has 0 amide bonds. The molecule has 0 heterocycles. The molecule has 0 aromatic rings. The number of hydrogen-bond acceptors (Lipinski definition) is 6. The summed E-state index contributed by atoms with van der Waals surface area (Å²) in [6.45, 7) is 7.95. The zero-order valence-corrected chi connectivity index (χ0v) is 11.4. The first-order valence-corrected chi connectivity index (χ1v) is 5.98. The third kappa shape index (κ3) is 5.72. The third-order valence-corrected chi connectivity index (χ3v) is 2.42. The SMILES string of the molecule is CCN(CC)/C([O-])=N/OCOC(=O)[C@@H](N)C(C)C. The van der Waals surface area contributed by atoms with Crippen LogP contribution in [0, 0.1) is 5.92 Å². The van der Waals surface area contributed by atoms with Crippen LogP contribution in [0.25, 0.3) is 0 Å². The van der Waals surface area contributed by atoms with Crippen LogP contribution in [0.1, 0.15) is 27.7 Å². The summed E-state index contributed by atoms with van der Waals surface area (Å²) in [5.41, 5.74) is 5.56. The molecule has 0 aromatic heterocycles. The Morgan fingerprint density at radius 3 is 2.39 bits per heavy atom. The summed E-state index contributed by atoms with van der Waals surface area (Å²) in [7, 11) is 0. The molecule has 0 radical (unpaired) electrons. The lowest BCUT2D eigenvalue weighted by Crippen LogP contribution is -2.40. The number of carbonyl (C=O) groups excluding carboxylic acids is 1. The lowest BCUT2D eigenvalue weighted by Gasteiger charge is -2.25. The van der Waals surface area contributed by atoms with Crippen LogP contribution in [0.2, 0.25) is 0 Å². The summed E-state index contributed by atoms with van der Waals surface area (Å²) in [4.78, 5) is 17.4. The minimum Gasteiger partial charge on any atom is -0.844 e. The summed E-state index contributed by atoms with van der Waals surface area (Å²) < 4.78 is 4.71. The Kier molecular flexibility index (Phi) is 7.86. The fourth-order valence-electron chi connectivity index (χ4n) is 1.09.